The lowest BCUT2D eigenvalue weighted by atomic mass is 10.1. The Labute approximate surface area is 127 Å². The summed E-state index contributed by atoms with van der Waals surface area (Å²) in [5.41, 5.74) is 8.12. The van der Waals surface area contributed by atoms with E-state index in [1.54, 1.807) is 6.07 Å². The average Bonchev–Trinajstić information content (AvgIpc) is 2.45. The van der Waals surface area contributed by atoms with E-state index in [2.05, 4.69) is 12.2 Å². The minimum absolute atomic E-state index is 0.0578. The molecule has 1 unspecified atom stereocenters. The van der Waals surface area contributed by atoms with Gasteiger partial charge in [0, 0.05) is 17.9 Å². The van der Waals surface area contributed by atoms with Crippen LogP contribution in [-0.4, -0.2) is 41.7 Å². The van der Waals surface area contributed by atoms with Crippen LogP contribution < -0.4 is 11.1 Å². The van der Waals surface area contributed by atoms with E-state index in [9.17, 15) is 4.79 Å². The Morgan fingerprint density at radius 1 is 1.43 bits per heavy atom. The number of rotatable bonds is 8. The van der Waals surface area contributed by atoms with Crippen molar-refractivity contribution in [3.8, 4) is 0 Å². The SMILES string of the molecule is CCCCN(CCO)C(C)C(=O)Nc1ccc(N)cc1C. The first-order chi connectivity index (χ1) is 9.99. The molecule has 0 aliphatic rings. The maximum absolute atomic E-state index is 12.4. The molecule has 0 saturated heterocycles. The normalized spacial score (nSPS) is 12.4. The third-order valence-electron chi connectivity index (χ3n) is 3.62. The van der Waals surface area contributed by atoms with Crippen molar-refractivity contribution in [1.29, 1.82) is 0 Å². The summed E-state index contributed by atoms with van der Waals surface area (Å²) in [4.78, 5) is 14.4. The zero-order valence-electron chi connectivity index (χ0n) is 13.2. The number of benzene rings is 1. The summed E-state index contributed by atoms with van der Waals surface area (Å²) in [6.07, 6.45) is 2.08. The number of hydrogen-bond donors (Lipinski definition) is 3. The third-order valence-corrected chi connectivity index (χ3v) is 3.62. The lowest BCUT2D eigenvalue weighted by molar-refractivity contribution is -0.120. The van der Waals surface area contributed by atoms with Crippen LogP contribution in [0.3, 0.4) is 0 Å². The smallest absolute Gasteiger partial charge is 0.241 e. The van der Waals surface area contributed by atoms with E-state index < -0.39 is 0 Å². The molecule has 5 heteroatoms. The summed E-state index contributed by atoms with van der Waals surface area (Å²) in [6, 6.07) is 5.15. The molecule has 5 nitrogen and oxygen atoms in total. The Bertz CT molecular complexity index is 463. The van der Waals surface area contributed by atoms with Crippen molar-refractivity contribution < 1.29 is 9.90 Å². The van der Waals surface area contributed by atoms with E-state index in [-0.39, 0.29) is 18.6 Å². The van der Waals surface area contributed by atoms with E-state index in [0.29, 0.717) is 12.2 Å². The standard InChI is InChI=1S/C16H27N3O2/c1-4-5-8-19(9-10-20)13(3)16(21)18-15-7-6-14(17)11-12(15)2/h6-7,11,13,20H,4-5,8-10,17H2,1-3H3,(H,18,21). The van der Waals surface area contributed by atoms with Crippen LogP contribution in [0.2, 0.25) is 0 Å². The van der Waals surface area contributed by atoms with Crippen molar-refractivity contribution in [2.24, 2.45) is 0 Å². The molecule has 1 aromatic carbocycles. The molecule has 0 fully saturated rings. The van der Waals surface area contributed by atoms with Gasteiger partial charge in [-0.25, -0.2) is 0 Å². The molecule has 21 heavy (non-hydrogen) atoms. The van der Waals surface area contributed by atoms with Crippen LogP contribution in [-0.2, 0) is 4.79 Å². The molecule has 1 atom stereocenters. The predicted molar refractivity (Wildman–Crippen MR) is 87.2 cm³/mol. The Kier molecular flexibility index (Phi) is 7.19. The summed E-state index contributed by atoms with van der Waals surface area (Å²) < 4.78 is 0. The molecule has 1 rings (SSSR count). The zero-order chi connectivity index (χ0) is 15.8. The van der Waals surface area contributed by atoms with Crippen LogP contribution in [0.1, 0.15) is 32.3 Å². The lowest BCUT2D eigenvalue weighted by Crippen LogP contribution is -2.44. The Morgan fingerprint density at radius 2 is 2.14 bits per heavy atom. The Balaban J connectivity index is 2.71. The molecule has 0 saturated carbocycles. The van der Waals surface area contributed by atoms with Gasteiger partial charge >= 0.3 is 0 Å². The van der Waals surface area contributed by atoms with Gasteiger partial charge in [-0.1, -0.05) is 13.3 Å². The number of unbranched alkanes of at least 4 members (excludes halogenated alkanes) is 1. The average molecular weight is 293 g/mol. The summed E-state index contributed by atoms with van der Waals surface area (Å²) in [5, 5.41) is 12.1. The van der Waals surface area contributed by atoms with Crippen molar-refractivity contribution in [2.75, 3.05) is 30.7 Å². The number of nitrogen functional groups attached to an aromatic ring is 1. The number of nitrogens with two attached hydrogens (primary N) is 1. The van der Waals surface area contributed by atoms with Crippen LogP contribution in [0, 0.1) is 6.92 Å². The number of nitrogens with zero attached hydrogens (tertiary/aromatic N) is 1. The fraction of sp³-hybridized carbons (Fsp3) is 0.562. The van der Waals surface area contributed by atoms with Gasteiger partial charge in [0.05, 0.1) is 12.6 Å². The number of aliphatic hydroxyl groups is 1. The van der Waals surface area contributed by atoms with Gasteiger partial charge in [-0.05, 0) is 50.6 Å². The molecule has 1 amide bonds. The van der Waals surface area contributed by atoms with Gasteiger partial charge < -0.3 is 16.2 Å². The quantitative estimate of drug-likeness (QED) is 0.641. The highest BCUT2D eigenvalue weighted by Crippen LogP contribution is 2.18. The number of anilines is 2. The topological polar surface area (TPSA) is 78.6 Å². The van der Waals surface area contributed by atoms with Crippen molar-refractivity contribution in [1.82, 2.24) is 4.90 Å². The number of aliphatic hydroxyl groups excluding tert-OH is 1. The molecule has 1 aromatic rings. The lowest BCUT2D eigenvalue weighted by Gasteiger charge is -2.27. The largest absolute Gasteiger partial charge is 0.399 e. The fourth-order valence-corrected chi connectivity index (χ4v) is 2.22. The van der Waals surface area contributed by atoms with Gasteiger partial charge in [0.1, 0.15) is 0 Å². The molecule has 0 radical (unpaired) electrons. The molecule has 0 heterocycles. The van der Waals surface area contributed by atoms with Crippen molar-refractivity contribution >= 4 is 17.3 Å². The highest BCUT2D eigenvalue weighted by atomic mass is 16.3. The highest BCUT2D eigenvalue weighted by Gasteiger charge is 2.20. The van der Waals surface area contributed by atoms with Crippen LogP contribution in [0.5, 0.6) is 0 Å². The molecule has 118 valence electrons. The van der Waals surface area contributed by atoms with Gasteiger partial charge in [0.15, 0.2) is 0 Å². The van der Waals surface area contributed by atoms with Gasteiger partial charge in [-0.3, -0.25) is 9.69 Å². The summed E-state index contributed by atoms with van der Waals surface area (Å²) in [7, 11) is 0. The first-order valence-electron chi connectivity index (χ1n) is 7.51. The first kappa shape index (κ1) is 17.5. The van der Waals surface area contributed by atoms with Crippen LogP contribution in [0.4, 0.5) is 11.4 Å². The molecule has 0 aromatic heterocycles. The van der Waals surface area contributed by atoms with E-state index in [0.717, 1.165) is 30.6 Å². The number of nitrogens with one attached hydrogen (secondary N) is 1. The van der Waals surface area contributed by atoms with E-state index in [1.165, 1.54) is 0 Å². The molecule has 0 aliphatic heterocycles. The number of carbonyl (C=O) groups excluding carboxylic acids is 1. The number of aryl methyl sites for hydroxylation is 1. The molecule has 4 N–H and O–H groups in total. The number of hydrogen-bond acceptors (Lipinski definition) is 4. The zero-order valence-corrected chi connectivity index (χ0v) is 13.2. The summed E-state index contributed by atoms with van der Waals surface area (Å²) in [5.74, 6) is -0.0626. The number of amides is 1. The second-order valence-corrected chi connectivity index (χ2v) is 5.35. The van der Waals surface area contributed by atoms with Crippen molar-refractivity contribution in [3.05, 3.63) is 23.8 Å². The summed E-state index contributed by atoms with van der Waals surface area (Å²) in [6.45, 7) is 7.27. The van der Waals surface area contributed by atoms with Gasteiger partial charge in [0.2, 0.25) is 5.91 Å². The Hall–Kier alpha value is -1.59. The molecular formula is C16H27N3O2. The first-order valence-corrected chi connectivity index (χ1v) is 7.51. The third kappa shape index (κ3) is 5.36. The number of carbonyl (C=O) groups is 1. The van der Waals surface area contributed by atoms with Crippen LogP contribution in [0.15, 0.2) is 18.2 Å². The van der Waals surface area contributed by atoms with Crippen LogP contribution >= 0.6 is 0 Å². The minimum Gasteiger partial charge on any atom is -0.399 e. The van der Waals surface area contributed by atoms with Gasteiger partial charge in [-0.15, -0.1) is 0 Å². The second-order valence-electron chi connectivity index (χ2n) is 5.35. The maximum atomic E-state index is 12.4. The highest BCUT2D eigenvalue weighted by molar-refractivity contribution is 5.95. The molecule has 0 bridgehead atoms. The molecule has 0 spiro atoms. The molecular weight excluding hydrogens is 266 g/mol. The molecule has 0 aliphatic carbocycles. The van der Waals surface area contributed by atoms with Crippen molar-refractivity contribution in [2.45, 2.75) is 39.7 Å². The second kappa shape index (κ2) is 8.64. The van der Waals surface area contributed by atoms with Gasteiger partial charge in [-0.2, -0.15) is 0 Å². The maximum Gasteiger partial charge on any atom is 0.241 e. The van der Waals surface area contributed by atoms with Crippen LogP contribution in [0.25, 0.3) is 0 Å². The summed E-state index contributed by atoms with van der Waals surface area (Å²) >= 11 is 0. The fourth-order valence-electron chi connectivity index (χ4n) is 2.22. The van der Waals surface area contributed by atoms with E-state index in [4.69, 9.17) is 10.8 Å². The van der Waals surface area contributed by atoms with Crippen molar-refractivity contribution in [3.63, 3.8) is 0 Å². The minimum atomic E-state index is -0.277. The van der Waals surface area contributed by atoms with E-state index in [1.807, 2.05) is 30.9 Å². The Morgan fingerprint density at radius 3 is 2.71 bits per heavy atom. The monoisotopic (exact) mass is 293 g/mol. The van der Waals surface area contributed by atoms with Gasteiger partial charge in [0.25, 0.3) is 0 Å². The predicted octanol–water partition coefficient (Wildman–Crippen LogP) is 2.00. The van der Waals surface area contributed by atoms with E-state index >= 15 is 0 Å².